The van der Waals surface area contributed by atoms with Crippen LogP contribution in [-0.2, 0) is 4.74 Å². The summed E-state index contributed by atoms with van der Waals surface area (Å²) < 4.78 is 35.2. The Morgan fingerprint density at radius 1 is 1.02 bits per heavy atom. The number of carbonyl (C=O) groups is 1. The summed E-state index contributed by atoms with van der Waals surface area (Å²) in [7, 11) is 1.79. The van der Waals surface area contributed by atoms with Crippen LogP contribution < -0.4 is 5.73 Å². The summed E-state index contributed by atoms with van der Waals surface area (Å²) in [6.07, 6.45) is 5.23. The third-order valence-corrected chi connectivity index (χ3v) is 9.08. The molecule has 0 saturated heterocycles. The Balaban J connectivity index is 1.12. The van der Waals surface area contributed by atoms with Crippen molar-refractivity contribution in [2.75, 3.05) is 7.05 Å². The molecule has 41 heavy (non-hydrogen) atoms. The highest BCUT2D eigenvalue weighted by atomic mass is 19.3. The van der Waals surface area contributed by atoms with Crippen LogP contribution in [0.5, 0.6) is 0 Å². The molecule has 2 fully saturated rings. The number of rotatable bonds is 6. The molecule has 0 aliphatic heterocycles. The summed E-state index contributed by atoms with van der Waals surface area (Å²) >= 11 is 0. The van der Waals surface area contributed by atoms with Gasteiger partial charge in [0.2, 0.25) is 5.92 Å². The molecule has 7 rings (SSSR count). The lowest BCUT2D eigenvalue weighted by Crippen LogP contribution is -2.34. The van der Waals surface area contributed by atoms with Gasteiger partial charge in [-0.25, -0.2) is 23.1 Å². The van der Waals surface area contributed by atoms with E-state index in [1.54, 1.807) is 28.9 Å². The first-order chi connectivity index (χ1) is 19.8. The number of ether oxygens (including phenoxy) is 1. The zero-order valence-electron chi connectivity index (χ0n) is 22.9. The number of nitrogens with zero attached hydrogens (tertiary/aromatic N) is 4. The minimum absolute atomic E-state index is 0.0371. The molecule has 2 atom stereocenters. The number of imidazole rings is 1. The highest BCUT2D eigenvalue weighted by molar-refractivity contribution is 5.80. The molecule has 0 unspecified atom stereocenters. The fourth-order valence-corrected chi connectivity index (χ4v) is 6.65. The minimum atomic E-state index is -2.60. The lowest BCUT2D eigenvalue weighted by Gasteiger charge is -2.31. The highest BCUT2D eigenvalue weighted by Gasteiger charge is 2.40. The van der Waals surface area contributed by atoms with Crippen LogP contribution in [0.1, 0.15) is 79.1 Å². The van der Waals surface area contributed by atoms with E-state index in [1.165, 1.54) is 0 Å². The first kappa shape index (κ1) is 26.1. The van der Waals surface area contributed by atoms with Crippen LogP contribution in [0.2, 0.25) is 0 Å². The van der Waals surface area contributed by atoms with Gasteiger partial charge < -0.3 is 15.4 Å². The Morgan fingerprint density at radius 3 is 2.29 bits per heavy atom. The highest BCUT2D eigenvalue weighted by Crippen LogP contribution is 2.47. The average molecular weight is 558 g/mol. The van der Waals surface area contributed by atoms with E-state index in [4.69, 9.17) is 15.5 Å². The fourth-order valence-electron chi connectivity index (χ4n) is 6.65. The van der Waals surface area contributed by atoms with E-state index in [0.29, 0.717) is 30.1 Å². The van der Waals surface area contributed by atoms with Crippen molar-refractivity contribution in [3.05, 3.63) is 89.4 Å². The average Bonchev–Trinajstić information content (AvgIpc) is 3.64. The maximum Gasteiger partial charge on any atom is 0.410 e. The molecule has 212 valence electrons. The smallest absolute Gasteiger partial charge is 0.410 e. The normalized spacial score (nSPS) is 19.9. The Kier molecular flexibility index (Phi) is 6.30. The molecule has 1 amide bonds. The fraction of sp³-hybridized carbons (Fsp3) is 0.406. The second kappa shape index (κ2) is 9.91. The molecule has 0 bridgehead atoms. The molecular weight excluding hydrogens is 524 g/mol. The summed E-state index contributed by atoms with van der Waals surface area (Å²) in [4.78, 5) is 20.1. The van der Waals surface area contributed by atoms with Gasteiger partial charge in [0.25, 0.3) is 0 Å². The van der Waals surface area contributed by atoms with Gasteiger partial charge >= 0.3 is 6.09 Å². The molecule has 9 heteroatoms. The predicted octanol–water partition coefficient (Wildman–Crippen LogP) is 6.84. The van der Waals surface area contributed by atoms with Crippen LogP contribution in [-0.4, -0.2) is 38.6 Å². The lowest BCUT2D eigenvalue weighted by molar-refractivity contribution is -0.0484. The van der Waals surface area contributed by atoms with Crippen LogP contribution >= 0.6 is 0 Å². The molecule has 2 heterocycles. The minimum Gasteiger partial charge on any atom is -0.436 e. The summed E-state index contributed by atoms with van der Waals surface area (Å²) in [6, 6.07) is 17.4. The summed E-state index contributed by atoms with van der Waals surface area (Å²) in [5.41, 5.74) is 12.8. The Bertz CT molecular complexity index is 1560. The van der Waals surface area contributed by atoms with Crippen molar-refractivity contribution in [1.29, 1.82) is 0 Å². The predicted molar refractivity (Wildman–Crippen MR) is 150 cm³/mol. The third-order valence-electron chi connectivity index (χ3n) is 9.08. The van der Waals surface area contributed by atoms with Crippen molar-refractivity contribution in [2.45, 2.75) is 62.6 Å². The van der Waals surface area contributed by atoms with Gasteiger partial charge in [-0.1, -0.05) is 48.5 Å². The van der Waals surface area contributed by atoms with Crippen molar-refractivity contribution in [3.63, 3.8) is 0 Å². The molecule has 2 N–H and O–H groups in total. The van der Waals surface area contributed by atoms with Gasteiger partial charge in [0, 0.05) is 31.0 Å². The van der Waals surface area contributed by atoms with Gasteiger partial charge in [-0.2, -0.15) is 5.10 Å². The zero-order valence-corrected chi connectivity index (χ0v) is 22.9. The number of aromatic nitrogens is 3. The third kappa shape index (κ3) is 4.76. The number of hydrogen-bond acceptors (Lipinski definition) is 5. The van der Waals surface area contributed by atoms with E-state index in [9.17, 15) is 13.6 Å². The number of alkyl halides is 2. The molecule has 2 aromatic carbocycles. The monoisotopic (exact) mass is 557 g/mol. The van der Waals surface area contributed by atoms with Crippen molar-refractivity contribution >= 4 is 11.7 Å². The van der Waals surface area contributed by atoms with Crippen molar-refractivity contribution < 1.29 is 18.3 Å². The number of benzene rings is 2. The number of halogens is 2. The second-order valence-electron chi connectivity index (χ2n) is 11.8. The van der Waals surface area contributed by atoms with Crippen LogP contribution in [0.3, 0.4) is 0 Å². The molecule has 2 saturated carbocycles. The maximum absolute atomic E-state index is 13.7. The molecule has 3 aliphatic rings. The lowest BCUT2D eigenvalue weighted by atomic mass is 9.81. The molecule has 2 aromatic heterocycles. The number of hydrogen-bond donors (Lipinski definition) is 1. The van der Waals surface area contributed by atoms with Crippen molar-refractivity contribution in [1.82, 2.24) is 19.5 Å². The number of carbonyl (C=O) groups excluding carboxylic acids is 1. The quantitative estimate of drug-likeness (QED) is 0.280. The number of fused-ring (bicyclic) bond motifs is 4. The largest absolute Gasteiger partial charge is 0.436 e. The van der Waals surface area contributed by atoms with Crippen molar-refractivity contribution in [3.8, 4) is 11.1 Å². The number of amides is 1. The number of nitrogens with two attached hydrogens (primary N) is 1. The van der Waals surface area contributed by atoms with Crippen LogP contribution in [0, 0.1) is 11.8 Å². The maximum atomic E-state index is 13.7. The van der Waals surface area contributed by atoms with Crippen LogP contribution in [0.25, 0.3) is 16.8 Å². The van der Waals surface area contributed by atoms with E-state index in [-0.39, 0.29) is 24.8 Å². The molecule has 4 aromatic rings. The van der Waals surface area contributed by atoms with E-state index in [1.807, 2.05) is 42.5 Å². The second-order valence-corrected chi connectivity index (χ2v) is 11.8. The van der Waals surface area contributed by atoms with Gasteiger partial charge in [-0.3, -0.25) is 0 Å². The van der Waals surface area contributed by atoms with E-state index in [0.717, 1.165) is 40.7 Å². The van der Waals surface area contributed by atoms with Crippen LogP contribution in [0.4, 0.5) is 13.6 Å². The topological polar surface area (TPSA) is 85.8 Å². The van der Waals surface area contributed by atoms with Gasteiger partial charge in [0.15, 0.2) is 11.8 Å². The molecule has 7 nitrogen and oxygen atoms in total. The molecule has 3 aliphatic carbocycles. The van der Waals surface area contributed by atoms with Gasteiger partial charge in [-0.15, -0.1) is 0 Å². The summed E-state index contributed by atoms with van der Waals surface area (Å²) in [5, 5.41) is 4.59. The Hall–Kier alpha value is -3.85. The van der Waals surface area contributed by atoms with E-state index < -0.39 is 24.2 Å². The van der Waals surface area contributed by atoms with Gasteiger partial charge in [-0.05, 0) is 60.3 Å². The Labute approximate surface area is 237 Å². The SMILES string of the molecule is CN(C(=O)OC1c2ccccc2-c2ccccc21)[C@@H](c1cnn2cc([C@@H](N)C3CCC(F)(F)CC3)nc2c1)C1CC1. The van der Waals surface area contributed by atoms with E-state index >= 15 is 0 Å². The van der Waals surface area contributed by atoms with Gasteiger partial charge in [0.1, 0.15) is 0 Å². The zero-order chi connectivity index (χ0) is 28.3. The summed E-state index contributed by atoms with van der Waals surface area (Å²) in [5.74, 6) is -2.33. The molecule has 0 radical (unpaired) electrons. The molecule has 0 spiro atoms. The molecular formula is C32H33F2N5O2. The first-order valence-electron chi connectivity index (χ1n) is 14.4. The van der Waals surface area contributed by atoms with Gasteiger partial charge in [0.05, 0.1) is 30.2 Å². The Morgan fingerprint density at radius 2 is 1.66 bits per heavy atom. The van der Waals surface area contributed by atoms with Crippen molar-refractivity contribution in [2.24, 2.45) is 17.6 Å². The van der Waals surface area contributed by atoms with E-state index in [2.05, 4.69) is 17.2 Å². The van der Waals surface area contributed by atoms with Crippen LogP contribution in [0.15, 0.2) is 67.0 Å². The summed E-state index contributed by atoms with van der Waals surface area (Å²) in [6.45, 7) is 0. The first-order valence-corrected chi connectivity index (χ1v) is 14.4. The standard InChI is InChI=1S/C32H33F2N5O2/c1-38(31(40)41-30-24-8-4-2-6-22(24)23-7-3-5-9-25(23)30)29(20-10-11-20)21-16-27-37-26(18-39(27)36-17-21)28(35)19-12-14-32(33,34)15-13-19/h2-9,16-20,28-30H,10-15,35H2,1H3/t28-,29+/m0/s1.